The maximum absolute atomic E-state index is 9.92. The van der Waals surface area contributed by atoms with Crippen LogP contribution >= 0.6 is 23.4 Å². The summed E-state index contributed by atoms with van der Waals surface area (Å²) in [7, 11) is 1.79. The van der Waals surface area contributed by atoms with Crippen LogP contribution in [0, 0.1) is 5.92 Å². The highest BCUT2D eigenvalue weighted by Crippen LogP contribution is 2.25. The van der Waals surface area contributed by atoms with Crippen molar-refractivity contribution in [3.05, 3.63) is 16.9 Å². The number of rotatable bonds is 5. The third kappa shape index (κ3) is 3.70. The number of aryl methyl sites for hydroxylation is 1. The highest BCUT2D eigenvalue weighted by molar-refractivity contribution is 7.99. The van der Waals surface area contributed by atoms with E-state index < -0.39 is 6.10 Å². The summed E-state index contributed by atoms with van der Waals surface area (Å²) in [4.78, 5) is 0. The summed E-state index contributed by atoms with van der Waals surface area (Å²) < 4.78 is 1.63. The van der Waals surface area contributed by atoms with E-state index in [1.54, 1.807) is 29.7 Å². The second kappa shape index (κ2) is 5.77. The van der Waals surface area contributed by atoms with E-state index in [4.69, 9.17) is 11.6 Å². The zero-order valence-electron chi connectivity index (χ0n) is 9.27. The highest BCUT2D eigenvalue weighted by Gasteiger charge is 2.16. The first-order valence-corrected chi connectivity index (χ1v) is 6.48. The summed E-state index contributed by atoms with van der Waals surface area (Å²) in [6.45, 7) is 4.33. The number of aliphatic hydroxyl groups excluding tert-OH is 1. The van der Waals surface area contributed by atoms with Crippen molar-refractivity contribution in [2.75, 3.05) is 11.5 Å². The minimum atomic E-state index is -0.534. The molecule has 0 bridgehead atoms. The van der Waals surface area contributed by atoms with Gasteiger partial charge in [0.05, 0.1) is 16.9 Å². The molecule has 1 unspecified atom stereocenters. The average Bonchev–Trinajstić information content (AvgIpc) is 2.45. The summed E-state index contributed by atoms with van der Waals surface area (Å²) in [6, 6.07) is 0. The molecule has 0 aliphatic carbocycles. The molecule has 0 aliphatic rings. The van der Waals surface area contributed by atoms with E-state index in [1.165, 1.54) is 0 Å². The summed E-state index contributed by atoms with van der Waals surface area (Å²) in [5.41, 5.74) is 0.702. The summed E-state index contributed by atoms with van der Waals surface area (Å²) in [5, 5.41) is 14.5. The molecular weight excluding hydrogens is 232 g/mol. The first kappa shape index (κ1) is 12.9. The first-order valence-electron chi connectivity index (χ1n) is 4.95. The molecule has 0 saturated heterocycles. The summed E-state index contributed by atoms with van der Waals surface area (Å²) in [6.07, 6.45) is 1.03. The van der Waals surface area contributed by atoms with Crippen LogP contribution in [-0.2, 0) is 7.05 Å². The maximum Gasteiger partial charge on any atom is 0.106 e. The second-order valence-corrected chi connectivity index (χ2v) is 5.43. The number of nitrogens with zero attached hydrogens (tertiary/aromatic N) is 2. The largest absolute Gasteiger partial charge is 0.386 e. The Morgan fingerprint density at radius 2 is 2.20 bits per heavy atom. The van der Waals surface area contributed by atoms with Gasteiger partial charge in [-0.3, -0.25) is 4.68 Å². The van der Waals surface area contributed by atoms with Crippen LogP contribution < -0.4 is 0 Å². The van der Waals surface area contributed by atoms with Gasteiger partial charge in [0, 0.05) is 12.8 Å². The molecule has 3 nitrogen and oxygen atoms in total. The minimum absolute atomic E-state index is 0.534. The van der Waals surface area contributed by atoms with Crippen molar-refractivity contribution in [1.82, 2.24) is 9.78 Å². The summed E-state index contributed by atoms with van der Waals surface area (Å²) >= 11 is 7.66. The predicted octanol–water partition coefficient (Wildman–Crippen LogP) is 2.50. The Bertz CT molecular complexity index is 295. The molecule has 1 N–H and O–H groups in total. The molecule has 0 aromatic carbocycles. The van der Waals surface area contributed by atoms with Crippen molar-refractivity contribution in [3.8, 4) is 0 Å². The second-order valence-electron chi connectivity index (χ2n) is 3.95. The molecule has 15 heavy (non-hydrogen) atoms. The van der Waals surface area contributed by atoms with E-state index in [0.717, 1.165) is 5.75 Å². The van der Waals surface area contributed by atoms with E-state index in [9.17, 15) is 5.11 Å². The maximum atomic E-state index is 9.92. The number of hydrogen-bond acceptors (Lipinski definition) is 3. The van der Waals surface area contributed by atoms with Gasteiger partial charge in [0.25, 0.3) is 0 Å². The lowest BCUT2D eigenvalue weighted by Gasteiger charge is -2.12. The molecule has 0 spiro atoms. The molecule has 0 amide bonds. The fourth-order valence-corrected chi connectivity index (χ4v) is 2.57. The minimum Gasteiger partial charge on any atom is -0.386 e. The van der Waals surface area contributed by atoms with Gasteiger partial charge in [-0.15, -0.1) is 0 Å². The van der Waals surface area contributed by atoms with Gasteiger partial charge < -0.3 is 5.11 Å². The fraction of sp³-hybridized carbons (Fsp3) is 0.700. The van der Waals surface area contributed by atoms with Crippen LogP contribution in [0.4, 0.5) is 0 Å². The molecule has 1 rings (SSSR count). The van der Waals surface area contributed by atoms with Gasteiger partial charge >= 0.3 is 0 Å². The average molecular weight is 249 g/mol. The highest BCUT2D eigenvalue weighted by atomic mass is 35.5. The van der Waals surface area contributed by atoms with Crippen molar-refractivity contribution in [1.29, 1.82) is 0 Å². The van der Waals surface area contributed by atoms with Crippen molar-refractivity contribution in [2.24, 2.45) is 13.0 Å². The standard InChI is InChI=1S/C10H17ClN2OS/c1-7(2)5-15-6-9(14)10-8(11)4-12-13(10)3/h4,7,9,14H,5-6H2,1-3H3. The van der Waals surface area contributed by atoms with Crippen LogP contribution in [0.2, 0.25) is 5.02 Å². The molecule has 86 valence electrons. The van der Waals surface area contributed by atoms with Gasteiger partial charge in [-0.1, -0.05) is 25.4 Å². The van der Waals surface area contributed by atoms with E-state index in [1.807, 2.05) is 0 Å². The summed E-state index contributed by atoms with van der Waals surface area (Å²) in [5.74, 6) is 2.36. The molecule has 1 atom stereocenters. The molecule has 0 saturated carbocycles. The normalized spacial score (nSPS) is 13.5. The lowest BCUT2D eigenvalue weighted by molar-refractivity contribution is 0.194. The Morgan fingerprint density at radius 1 is 1.53 bits per heavy atom. The van der Waals surface area contributed by atoms with E-state index >= 15 is 0 Å². The Kier molecular flexibility index (Phi) is 4.96. The third-order valence-electron chi connectivity index (χ3n) is 1.98. The van der Waals surface area contributed by atoms with E-state index in [-0.39, 0.29) is 0 Å². The molecule has 1 aromatic heterocycles. The van der Waals surface area contributed by atoms with Crippen molar-refractivity contribution in [3.63, 3.8) is 0 Å². The quantitative estimate of drug-likeness (QED) is 0.870. The van der Waals surface area contributed by atoms with Crippen molar-refractivity contribution >= 4 is 23.4 Å². The zero-order chi connectivity index (χ0) is 11.4. The number of aliphatic hydroxyl groups is 1. The van der Waals surface area contributed by atoms with Crippen LogP contribution in [0.5, 0.6) is 0 Å². The van der Waals surface area contributed by atoms with Gasteiger partial charge in [0.1, 0.15) is 6.10 Å². The van der Waals surface area contributed by atoms with Gasteiger partial charge in [-0.05, 0) is 11.7 Å². The smallest absolute Gasteiger partial charge is 0.106 e. The zero-order valence-corrected chi connectivity index (χ0v) is 10.8. The van der Waals surface area contributed by atoms with Gasteiger partial charge in [-0.25, -0.2) is 0 Å². The van der Waals surface area contributed by atoms with Crippen LogP contribution in [0.3, 0.4) is 0 Å². The molecule has 1 heterocycles. The van der Waals surface area contributed by atoms with Crippen molar-refractivity contribution in [2.45, 2.75) is 20.0 Å². The SMILES string of the molecule is CC(C)CSCC(O)c1c(Cl)cnn1C. The topological polar surface area (TPSA) is 38.1 Å². The van der Waals surface area contributed by atoms with E-state index in [0.29, 0.717) is 22.4 Å². The van der Waals surface area contributed by atoms with Gasteiger partial charge in [0.2, 0.25) is 0 Å². The fourth-order valence-electron chi connectivity index (χ4n) is 1.29. The number of aromatic nitrogens is 2. The molecule has 0 aliphatic heterocycles. The van der Waals surface area contributed by atoms with Crippen LogP contribution in [-0.4, -0.2) is 26.4 Å². The Labute approximate surface area is 99.8 Å². The number of thioether (sulfide) groups is 1. The molecule has 1 aromatic rings. The van der Waals surface area contributed by atoms with Crippen LogP contribution in [0.25, 0.3) is 0 Å². The number of halogens is 1. The third-order valence-corrected chi connectivity index (χ3v) is 3.73. The van der Waals surface area contributed by atoms with Gasteiger partial charge in [0.15, 0.2) is 0 Å². The Hall–Kier alpha value is -0.190. The lowest BCUT2D eigenvalue weighted by atomic mass is 10.3. The lowest BCUT2D eigenvalue weighted by Crippen LogP contribution is -2.09. The number of hydrogen-bond donors (Lipinski definition) is 1. The Morgan fingerprint density at radius 3 is 2.67 bits per heavy atom. The predicted molar refractivity (Wildman–Crippen MR) is 65.3 cm³/mol. The molecule has 0 fully saturated rings. The van der Waals surface area contributed by atoms with E-state index in [2.05, 4.69) is 18.9 Å². The molecule has 5 heteroatoms. The van der Waals surface area contributed by atoms with Crippen molar-refractivity contribution < 1.29 is 5.11 Å². The molecule has 0 radical (unpaired) electrons. The Balaban J connectivity index is 2.50. The van der Waals surface area contributed by atoms with Crippen LogP contribution in [0.1, 0.15) is 25.6 Å². The van der Waals surface area contributed by atoms with Crippen LogP contribution in [0.15, 0.2) is 6.20 Å². The van der Waals surface area contributed by atoms with Gasteiger partial charge in [-0.2, -0.15) is 16.9 Å². The molecular formula is C10H17ClN2OS. The first-order chi connectivity index (χ1) is 7.02. The monoisotopic (exact) mass is 248 g/mol.